The highest BCUT2D eigenvalue weighted by atomic mass is 16.6. The molecule has 0 amide bonds. The van der Waals surface area contributed by atoms with Gasteiger partial charge in [0, 0.05) is 18.8 Å². The molecule has 0 bridgehead atoms. The molecule has 0 unspecified atom stereocenters. The Morgan fingerprint density at radius 2 is 1.65 bits per heavy atom. The lowest BCUT2D eigenvalue weighted by molar-refractivity contribution is -0.135. The maximum Gasteiger partial charge on any atom is 0.345 e. The zero-order valence-corrected chi connectivity index (χ0v) is 12.6. The number of carbonyl (C=O) groups excluding carboxylic acids is 2. The van der Waals surface area contributed by atoms with Crippen LogP contribution in [0.4, 0.5) is 5.69 Å². The van der Waals surface area contributed by atoms with E-state index < -0.39 is 11.9 Å². The van der Waals surface area contributed by atoms with E-state index in [1.165, 1.54) is 0 Å². The summed E-state index contributed by atoms with van der Waals surface area (Å²) in [5.41, 5.74) is 14.2. The van der Waals surface area contributed by atoms with E-state index in [0.29, 0.717) is 24.3 Å². The van der Waals surface area contributed by atoms with Crippen LogP contribution in [0.3, 0.4) is 0 Å². The van der Waals surface area contributed by atoms with E-state index >= 15 is 0 Å². The second kappa shape index (κ2) is 8.07. The molecular formula is C17H19N3O3. The fraction of sp³-hybridized carbons (Fsp3) is 0.176. The Labute approximate surface area is 134 Å². The van der Waals surface area contributed by atoms with Gasteiger partial charge >= 0.3 is 11.9 Å². The number of esters is 2. The van der Waals surface area contributed by atoms with Gasteiger partial charge in [-0.05, 0) is 35.4 Å². The van der Waals surface area contributed by atoms with Crippen LogP contribution in [0.2, 0.25) is 0 Å². The van der Waals surface area contributed by atoms with Crippen LogP contribution in [0.5, 0.6) is 0 Å². The first-order valence-electron chi connectivity index (χ1n) is 7.20. The van der Waals surface area contributed by atoms with Gasteiger partial charge in [-0.1, -0.05) is 24.3 Å². The van der Waals surface area contributed by atoms with Gasteiger partial charge < -0.3 is 21.5 Å². The second-order valence-corrected chi connectivity index (χ2v) is 4.87. The number of hydrogen-bond donors (Lipinski definition) is 3. The van der Waals surface area contributed by atoms with Crippen molar-refractivity contribution in [3.8, 4) is 0 Å². The summed E-state index contributed by atoms with van der Waals surface area (Å²) in [4.78, 5) is 23.5. The first-order chi connectivity index (χ1) is 11.1. The van der Waals surface area contributed by atoms with Gasteiger partial charge in [-0.15, -0.1) is 0 Å². The molecule has 23 heavy (non-hydrogen) atoms. The van der Waals surface area contributed by atoms with E-state index in [1.54, 1.807) is 36.4 Å². The van der Waals surface area contributed by atoms with Crippen molar-refractivity contribution in [2.24, 2.45) is 11.5 Å². The molecule has 0 radical (unpaired) electrons. The maximum absolute atomic E-state index is 11.7. The summed E-state index contributed by atoms with van der Waals surface area (Å²) in [6.45, 7) is 0.643. The Hall–Kier alpha value is -2.70. The smallest absolute Gasteiger partial charge is 0.345 e. The average molecular weight is 313 g/mol. The summed E-state index contributed by atoms with van der Waals surface area (Å²) < 4.78 is 4.77. The monoisotopic (exact) mass is 313 g/mol. The molecular weight excluding hydrogens is 294 g/mol. The molecule has 0 spiro atoms. The fourth-order valence-corrected chi connectivity index (χ4v) is 2.07. The molecule has 0 aliphatic carbocycles. The van der Waals surface area contributed by atoms with E-state index in [1.807, 2.05) is 12.1 Å². The number of benzene rings is 2. The van der Waals surface area contributed by atoms with E-state index in [2.05, 4.69) is 5.32 Å². The van der Waals surface area contributed by atoms with Gasteiger partial charge in [0.2, 0.25) is 0 Å². The quantitative estimate of drug-likeness (QED) is 0.549. The van der Waals surface area contributed by atoms with Gasteiger partial charge in [0.15, 0.2) is 0 Å². The molecule has 0 aromatic heterocycles. The molecule has 0 atom stereocenters. The Morgan fingerprint density at radius 1 is 0.957 bits per heavy atom. The van der Waals surface area contributed by atoms with E-state index in [9.17, 15) is 9.59 Å². The summed E-state index contributed by atoms with van der Waals surface area (Å²) in [5.74, 6) is -1.32. The summed E-state index contributed by atoms with van der Waals surface area (Å²) in [7, 11) is 0. The summed E-state index contributed by atoms with van der Waals surface area (Å²) in [6.07, 6.45) is 0. The van der Waals surface area contributed by atoms with Crippen LogP contribution in [-0.2, 0) is 22.6 Å². The highest BCUT2D eigenvalue weighted by molar-refractivity contribution is 5.97. The predicted octanol–water partition coefficient (Wildman–Crippen LogP) is 1.40. The number of anilines is 1. The van der Waals surface area contributed by atoms with E-state index in [4.69, 9.17) is 16.2 Å². The standard InChI is InChI=1S/C17H19N3O3/c18-9-13-6-7-15(8-14(13)10-19)20-11-16(21)23-17(22)12-4-2-1-3-5-12/h1-8,20H,9-11,18-19H2. The zero-order chi connectivity index (χ0) is 16.7. The number of ether oxygens (including phenoxy) is 1. The minimum absolute atomic E-state index is 0.120. The Bertz CT molecular complexity index is 687. The molecule has 6 nitrogen and oxygen atoms in total. The lowest BCUT2D eigenvalue weighted by Gasteiger charge is -2.10. The van der Waals surface area contributed by atoms with Crippen LogP contribution in [-0.4, -0.2) is 18.5 Å². The number of nitrogens with two attached hydrogens (primary N) is 2. The number of carbonyl (C=O) groups is 2. The van der Waals surface area contributed by atoms with Crippen molar-refractivity contribution in [3.63, 3.8) is 0 Å². The van der Waals surface area contributed by atoms with Gasteiger partial charge in [0.1, 0.15) is 6.54 Å². The number of nitrogens with one attached hydrogen (secondary N) is 1. The molecule has 120 valence electrons. The third-order valence-electron chi connectivity index (χ3n) is 3.30. The highest BCUT2D eigenvalue weighted by Gasteiger charge is 2.12. The minimum Gasteiger partial charge on any atom is -0.388 e. The van der Waals surface area contributed by atoms with Crippen LogP contribution in [0.25, 0.3) is 0 Å². The Balaban J connectivity index is 1.90. The molecule has 0 aliphatic heterocycles. The lowest BCUT2D eigenvalue weighted by Crippen LogP contribution is -2.20. The van der Waals surface area contributed by atoms with E-state index in [-0.39, 0.29) is 6.54 Å². The SMILES string of the molecule is NCc1ccc(NCC(=O)OC(=O)c2ccccc2)cc1CN. The summed E-state index contributed by atoms with van der Waals surface area (Å²) in [6, 6.07) is 13.8. The number of rotatable bonds is 6. The molecule has 0 saturated heterocycles. The van der Waals surface area contributed by atoms with Crippen molar-refractivity contribution in [1.82, 2.24) is 0 Å². The first-order valence-corrected chi connectivity index (χ1v) is 7.20. The lowest BCUT2D eigenvalue weighted by atomic mass is 10.1. The van der Waals surface area contributed by atoms with Crippen LogP contribution in [0, 0.1) is 0 Å². The van der Waals surface area contributed by atoms with Gasteiger partial charge in [-0.25, -0.2) is 9.59 Å². The molecule has 2 rings (SSSR count). The van der Waals surface area contributed by atoms with Crippen molar-refractivity contribution in [2.75, 3.05) is 11.9 Å². The normalized spacial score (nSPS) is 10.2. The van der Waals surface area contributed by atoms with Gasteiger partial charge in [0.25, 0.3) is 0 Å². The first kappa shape index (κ1) is 16.7. The molecule has 0 saturated carbocycles. The zero-order valence-electron chi connectivity index (χ0n) is 12.6. The van der Waals surface area contributed by atoms with Crippen LogP contribution < -0.4 is 16.8 Å². The van der Waals surface area contributed by atoms with Crippen molar-refractivity contribution >= 4 is 17.6 Å². The minimum atomic E-state index is -0.668. The summed E-state index contributed by atoms with van der Waals surface area (Å²) in [5, 5.41) is 2.90. The third-order valence-corrected chi connectivity index (χ3v) is 3.30. The van der Waals surface area contributed by atoms with Gasteiger partial charge in [-0.3, -0.25) is 0 Å². The highest BCUT2D eigenvalue weighted by Crippen LogP contribution is 2.15. The molecule has 5 N–H and O–H groups in total. The summed E-state index contributed by atoms with van der Waals surface area (Å²) >= 11 is 0. The van der Waals surface area contributed by atoms with Crippen molar-refractivity contribution in [3.05, 3.63) is 65.2 Å². The Kier molecular flexibility index (Phi) is 5.85. The molecule has 2 aromatic carbocycles. The molecule has 2 aromatic rings. The van der Waals surface area contributed by atoms with Gasteiger partial charge in [-0.2, -0.15) is 0 Å². The largest absolute Gasteiger partial charge is 0.388 e. The fourth-order valence-electron chi connectivity index (χ4n) is 2.07. The predicted molar refractivity (Wildman–Crippen MR) is 87.6 cm³/mol. The van der Waals surface area contributed by atoms with Crippen LogP contribution in [0.1, 0.15) is 21.5 Å². The number of hydrogen-bond acceptors (Lipinski definition) is 6. The molecule has 0 aliphatic rings. The average Bonchev–Trinajstić information content (AvgIpc) is 2.60. The van der Waals surface area contributed by atoms with Crippen LogP contribution in [0.15, 0.2) is 48.5 Å². The third kappa shape index (κ3) is 4.64. The topological polar surface area (TPSA) is 107 Å². The molecule has 0 fully saturated rings. The van der Waals surface area contributed by atoms with E-state index in [0.717, 1.165) is 11.1 Å². The van der Waals surface area contributed by atoms with Crippen molar-refractivity contribution in [1.29, 1.82) is 0 Å². The second-order valence-electron chi connectivity index (χ2n) is 4.87. The van der Waals surface area contributed by atoms with Crippen molar-refractivity contribution < 1.29 is 14.3 Å². The van der Waals surface area contributed by atoms with Crippen LogP contribution >= 0.6 is 0 Å². The Morgan fingerprint density at radius 3 is 2.30 bits per heavy atom. The van der Waals surface area contributed by atoms with Gasteiger partial charge in [0.05, 0.1) is 5.56 Å². The molecule has 0 heterocycles. The maximum atomic E-state index is 11.7. The molecule has 6 heteroatoms. The van der Waals surface area contributed by atoms with Crippen molar-refractivity contribution in [2.45, 2.75) is 13.1 Å².